The van der Waals surface area contributed by atoms with Crippen LogP contribution in [0.3, 0.4) is 0 Å². The third kappa shape index (κ3) is 9.09. The molecule has 1 aromatic heterocycles. The van der Waals surface area contributed by atoms with Crippen LogP contribution < -0.4 is 5.32 Å². The van der Waals surface area contributed by atoms with Crippen molar-refractivity contribution in [3.05, 3.63) is 24.4 Å². The van der Waals surface area contributed by atoms with Crippen molar-refractivity contribution >= 4 is 39.4 Å². The number of pyridine rings is 1. The fourth-order valence-electron chi connectivity index (χ4n) is 1.29. The molecule has 6 nitrogen and oxygen atoms in total. The molecular formula is C13H16N2O4S2. The zero-order chi connectivity index (χ0) is 15.5. The van der Waals surface area contributed by atoms with Crippen LogP contribution in [-0.4, -0.2) is 33.6 Å². The number of amides is 2. The van der Waals surface area contributed by atoms with Gasteiger partial charge >= 0.3 is 5.97 Å². The Bertz CT molecular complexity index is 468. The van der Waals surface area contributed by atoms with E-state index in [1.807, 2.05) is 18.2 Å². The second-order valence-corrected chi connectivity index (χ2v) is 6.48. The molecule has 1 aromatic rings. The Morgan fingerprint density at radius 1 is 1.29 bits per heavy atom. The van der Waals surface area contributed by atoms with Gasteiger partial charge in [-0.3, -0.25) is 19.7 Å². The molecule has 2 heterocycles. The van der Waals surface area contributed by atoms with Gasteiger partial charge in [-0.2, -0.15) is 0 Å². The lowest BCUT2D eigenvalue weighted by atomic mass is 10.3. The zero-order valence-electron chi connectivity index (χ0n) is 11.3. The number of hydrogen-bond donors (Lipinski definition) is 2. The van der Waals surface area contributed by atoms with Gasteiger partial charge < -0.3 is 5.11 Å². The summed E-state index contributed by atoms with van der Waals surface area (Å²) in [6, 6.07) is 5.75. The van der Waals surface area contributed by atoms with E-state index in [4.69, 9.17) is 5.11 Å². The van der Waals surface area contributed by atoms with Crippen molar-refractivity contribution in [2.24, 2.45) is 0 Å². The van der Waals surface area contributed by atoms with Crippen LogP contribution in [0, 0.1) is 0 Å². The number of rotatable bonds is 6. The van der Waals surface area contributed by atoms with E-state index in [0.717, 1.165) is 10.8 Å². The van der Waals surface area contributed by atoms with E-state index < -0.39 is 5.97 Å². The molecule has 1 aliphatic heterocycles. The molecule has 1 aliphatic rings. The van der Waals surface area contributed by atoms with E-state index in [0.29, 0.717) is 19.3 Å². The fourth-order valence-corrected chi connectivity index (χ4v) is 3.25. The Morgan fingerprint density at radius 3 is 2.48 bits per heavy atom. The molecule has 0 saturated carbocycles. The van der Waals surface area contributed by atoms with Gasteiger partial charge in [0.25, 0.3) is 0 Å². The summed E-state index contributed by atoms with van der Waals surface area (Å²) in [5.41, 5.74) is 0. The van der Waals surface area contributed by atoms with Crippen molar-refractivity contribution < 1.29 is 19.5 Å². The van der Waals surface area contributed by atoms with Gasteiger partial charge in [0.2, 0.25) is 11.8 Å². The standard InChI is InChI=1S/C9H11NO2S2.C4H5NO2/c11-9(12)5-3-7-13-14-8-4-1-2-6-10-8;6-3-1-2-4(7)5-3/h1-2,4,6H,3,5,7H2,(H,11,12);1-2H2,(H,5,6,7). The van der Waals surface area contributed by atoms with Gasteiger partial charge in [0.1, 0.15) is 5.03 Å². The van der Waals surface area contributed by atoms with Crippen molar-refractivity contribution in [2.75, 3.05) is 5.75 Å². The van der Waals surface area contributed by atoms with Crippen LogP contribution in [0.2, 0.25) is 0 Å². The lowest BCUT2D eigenvalue weighted by Gasteiger charge is -1.98. The summed E-state index contributed by atoms with van der Waals surface area (Å²) in [7, 11) is 3.22. The zero-order valence-corrected chi connectivity index (χ0v) is 12.9. The first-order valence-corrected chi connectivity index (χ1v) is 8.65. The number of nitrogens with zero attached hydrogens (tertiary/aromatic N) is 1. The summed E-state index contributed by atoms with van der Waals surface area (Å²) in [6.07, 6.45) is 3.45. The molecule has 0 spiro atoms. The minimum atomic E-state index is -0.728. The Morgan fingerprint density at radius 2 is 2.00 bits per heavy atom. The number of carboxylic acid groups (broad SMARTS) is 1. The molecule has 1 fully saturated rings. The summed E-state index contributed by atoms with van der Waals surface area (Å²) >= 11 is 0. The summed E-state index contributed by atoms with van der Waals surface area (Å²) < 4.78 is 0. The Labute approximate surface area is 130 Å². The molecule has 21 heavy (non-hydrogen) atoms. The van der Waals surface area contributed by atoms with Gasteiger partial charge in [-0.05, 0) is 29.3 Å². The summed E-state index contributed by atoms with van der Waals surface area (Å²) in [6.45, 7) is 0. The molecule has 2 rings (SSSR count). The minimum absolute atomic E-state index is 0.148. The quantitative estimate of drug-likeness (QED) is 0.469. The fraction of sp³-hybridized carbons (Fsp3) is 0.385. The molecule has 2 N–H and O–H groups in total. The molecule has 0 bridgehead atoms. The van der Waals surface area contributed by atoms with Crippen molar-refractivity contribution in [3.8, 4) is 0 Å². The van der Waals surface area contributed by atoms with Crippen LogP contribution in [0.25, 0.3) is 0 Å². The predicted molar refractivity (Wildman–Crippen MR) is 81.8 cm³/mol. The monoisotopic (exact) mass is 328 g/mol. The maximum Gasteiger partial charge on any atom is 0.303 e. The van der Waals surface area contributed by atoms with Crippen LogP contribution in [0.1, 0.15) is 25.7 Å². The van der Waals surface area contributed by atoms with Crippen molar-refractivity contribution in [2.45, 2.75) is 30.7 Å². The summed E-state index contributed by atoms with van der Waals surface area (Å²) in [4.78, 5) is 34.6. The van der Waals surface area contributed by atoms with Gasteiger partial charge in [0.15, 0.2) is 0 Å². The van der Waals surface area contributed by atoms with Crippen molar-refractivity contribution in [3.63, 3.8) is 0 Å². The molecule has 0 aromatic carbocycles. The highest BCUT2D eigenvalue weighted by atomic mass is 33.1. The number of carbonyl (C=O) groups is 3. The molecule has 0 unspecified atom stereocenters. The first-order valence-electron chi connectivity index (χ1n) is 6.33. The molecular weight excluding hydrogens is 312 g/mol. The van der Waals surface area contributed by atoms with Gasteiger partial charge in [-0.25, -0.2) is 4.98 Å². The lowest BCUT2D eigenvalue weighted by Crippen LogP contribution is -2.18. The normalized spacial score (nSPS) is 13.3. The average Bonchev–Trinajstić information content (AvgIpc) is 2.83. The molecule has 0 atom stereocenters. The number of hydrogen-bond acceptors (Lipinski definition) is 6. The number of aliphatic carboxylic acids is 1. The Balaban J connectivity index is 0.000000262. The molecule has 8 heteroatoms. The Kier molecular flexibility index (Phi) is 8.53. The topological polar surface area (TPSA) is 96.4 Å². The van der Waals surface area contributed by atoms with E-state index in [1.165, 1.54) is 0 Å². The molecule has 2 amide bonds. The summed E-state index contributed by atoms with van der Waals surface area (Å²) in [5.74, 6) is -0.184. The van der Waals surface area contributed by atoms with E-state index in [1.54, 1.807) is 27.8 Å². The molecule has 114 valence electrons. The minimum Gasteiger partial charge on any atom is -0.481 e. The van der Waals surface area contributed by atoms with E-state index in [2.05, 4.69) is 10.3 Å². The van der Waals surface area contributed by atoms with E-state index in [-0.39, 0.29) is 18.2 Å². The average molecular weight is 328 g/mol. The highest BCUT2D eigenvalue weighted by Gasteiger charge is 2.15. The SMILES string of the molecule is O=C(O)CCCSSc1ccccn1.O=C1CCC(=O)N1. The highest BCUT2D eigenvalue weighted by Crippen LogP contribution is 2.29. The first kappa shape index (κ1) is 17.5. The van der Waals surface area contributed by atoms with Crippen LogP contribution in [-0.2, 0) is 14.4 Å². The molecule has 0 aliphatic carbocycles. The number of nitrogens with one attached hydrogen (secondary N) is 1. The number of aromatic nitrogens is 1. The van der Waals surface area contributed by atoms with Gasteiger partial charge in [-0.15, -0.1) is 0 Å². The second kappa shape index (κ2) is 10.2. The van der Waals surface area contributed by atoms with E-state index >= 15 is 0 Å². The van der Waals surface area contributed by atoms with Crippen molar-refractivity contribution in [1.29, 1.82) is 0 Å². The number of imide groups is 1. The third-order valence-electron chi connectivity index (χ3n) is 2.26. The van der Waals surface area contributed by atoms with Crippen LogP contribution >= 0.6 is 21.6 Å². The second-order valence-electron chi connectivity index (χ2n) is 4.04. The van der Waals surface area contributed by atoms with Crippen LogP contribution in [0.5, 0.6) is 0 Å². The maximum absolute atomic E-state index is 10.2. The smallest absolute Gasteiger partial charge is 0.303 e. The largest absolute Gasteiger partial charge is 0.481 e. The Hall–Kier alpha value is -1.54. The van der Waals surface area contributed by atoms with Crippen LogP contribution in [0.15, 0.2) is 29.4 Å². The number of carboxylic acids is 1. The predicted octanol–water partition coefficient (Wildman–Crippen LogP) is 2.11. The van der Waals surface area contributed by atoms with Gasteiger partial charge in [-0.1, -0.05) is 16.9 Å². The van der Waals surface area contributed by atoms with Gasteiger partial charge in [0.05, 0.1) is 0 Å². The maximum atomic E-state index is 10.2. The molecule has 0 radical (unpaired) electrons. The third-order valence-corrected chi connectivity index (χ3v) is 4.61. The van der Waals surface area contributed by atoms with Crippen LogP contribution in [0.4, 0.5) is 0 Å². The number of carbonyl (C=O) groups excluding carboxylic acids is 2. The molecule has 1 saturated heterocycles. The first-order chi connectivity index (χ1) is 10.1. The lowest BCUT2D eigenvalue weighted by molar-refractivity contribution is -0.137. The van der Waals surface area contributed by atoms with Crippen molar-refractivity contribution in [1.82, 2.24) is 10.3 Å². The van der Waals surface area contributed by atoms with Gasteiger partial charge in [0, 0.05) is 31.2 Å². The highest BCUT2D eigenvalue weighted by molar-refractivity contribution is 8.76. The summed E-state index contributed by atoms with van der Waals surface area (Å²) in [5, 5.41) is 11.5. The van der Waals surface area contributed by atoms with E-state index in [9.17, 15) is 14.4 Å².